The maximum atomic E-state index is 9.44. The number of hydrogen-bond acceptors (Lipinski definition) is 3. The van der Waals surface area contributed by atoms with Crippen LogP contribution in [0.3, 0.4) is 0 Å². The Labute approximate surface area is 120 Å². The van der Waals surface area contributed by atoms with Gasteiger partial charge >= 0.3 is 0 Å². The predicted molar refractivity (Wildman–Crippen MR) is 82.9 cm³/mol. The number of aromatic nitrogens is 1. The average molecular weight is 270 g/mol. The lowest BCUT2D eigenvalue weighted by atomic mass is 9.84. The van der Waals surface area contributed by atoms with E-state index in [0.29, 0.717) is 5.41 Å². The fourth-order valence-electron chi connectivity index (χ4n) is 3.16. The Morgan fingerprint density at radius 1 is 1.30 bits per heavy atom. The number of benzene rings is 1. The van der Waals surface area contributed by atoms with Gasteiger partial charge in [-0.3, -0.25) is 0 Å². The molecule has 2 heterocycles. The summed E-state index contributed by atoms with van der Waals surface area (Å²) in [5, 5.41) is 11.8. The minimum absolute atomic E-state index is 0.00489. The van der Waals surface area contributed by atoms with Crippen LogP contribution in [0.5, 0.6) is 0 Å². The molecule has 0 aliphatic carbocycles. The lowest BCUT2D eigenvalue weighted by molar-refractivity contribution is 0.276. The fraction of sp³-hybridized carbons (Fsp3) is 0.471. The number of hydrogen-bond donors (Lipinski definition) is 1. The lowest BCUT2D eigenvalue weighted by Crippen LogP contribution is -2.40. The Bertz CT molecular complexity index is 621. The molecule has 0 saturated carbocycles. The number of nitrogens with zero attached hydrogens (tertiary/aromatic N) is 2. The van der Waals surface area contributed by atoms with Crippen molar-refractivity contribution in [3.63, 3.8) is 0 Å². The molecular weight excluding hydrogens is 248 g/mol. The van der Waals surface area contributed by atoms with E-state index < -0.39 is 0 Å². The topological polar surface area (TPSA) is 36.4 Å². The largest absolute Gasteiger partial charge is 0.390 e. The van der Waals surface area contributed by atoms with Crippen LogP contribution in [0, 0.1) is 5.41 Å². The van der Waals surface area contributed by atoms with Gasteiger partial charge < -0.3 is 10.0 Å². The number of piperidine rings is 1. The van der Waals surface area contributed by atoms with E-state index in [-0.39, 0.29) is 6.61 Å². The van der Waals surface area contributed by atoms with Gasteiger partial charge in [-0.05, 0) is 29.7 Å². The molecule has 0 radical (unpaired) electrons. The minimum Gasteiger partial charge on any atom is -0.390 e. The molecular formula is C17H22N2O. The molecule has 0 unspecified atom stereocenters. The van der Waals surface area contributed by atoms with Crippen LogP contribution < -0.4 is 4.90 Å². The first-order chi connectivity index (χ1) is 9.59. The highest BCUT2D eigenvalue weighted by atomic mass is 16.3. The van der Waals surface area contributed by atoms with Gasteiger partial charge in [-0.2, -0.15) is 0 Å². The van der Waals surface area contributed by atoms with Crippen molar-refractivity contribution in [1.29, 1.82) is 0 Å². The standard InChI is InChI=1S/C17H22N2O/c1-17(2)8-5-9-19(12-17)16-15-7-4-3-6-13(15)10-14(11-20)18-16/h3-4,6-7,10,20H,5,8-9,11-12H2,1-2H3. The summed E-state index contributed by atoms with van der Waals surface area (Å²) in [6.45, 7) is 6.71. The second-order valence-electron chi connectivity index (χ2n) is 6.51. The molecule has 3 nitrogen and oxygen atoms in total. The Balaban J connectivity index is 2.09. The van der Waals surface area contributed by atoms with Crippen LogP contribution in [0.15, 0.2) is 30.3 Å². The third kappa shape index (κ3) is 2.50. The molecule has 106 valence electrons. The van der Waals surface area contributed by atoms with Gasteiger partial charge in [0.05, 0.1) is 12.3 Å². The molecule has 3 heteroatoms. The summed E-state index contributed by atoms with van der Waals surface area (Å²) in [6.07, 6.45) is 2.47. The lowest BCUT2D eigenvalue weighted by Gasteiger charge is -2.39. The number of pyridine rings is 1. The van der Waals surface area contributed by atoms with Crippen LogP contribution >= 0.6 is 0 Å². The van der Waals surface area contributed by atoms with Gasteiger partial charge in [0.15, 0.2) is 0 Å². The van der Waals surface area contributed by atoms with E-state index in [0.717, 1.165) is 30.0 Å². The summed E-state index contributed by atoms with van der Waals surface area (Å²) < 4.78 is 0. The maximum absolute atomic E-state index is 9.44. The fourth-order valence-corrected chi connectivity index (χ4v) is 3.16. The van der Waals surface area contributed by atoms with Gasteiger partial charge in [0.2, 0.25) is 0 Å². The molecule has 0 bridgehead atoms. The van der Waals surface area contributed by atoms with Crippen molar-refractivity contribution in [1.82, 2.24) is 4.98 Å². The molecule has 1 aliphatic rings. The minimum atomic E-state index is -0.00489. The first-order valence-corrected chi connectivity index (χ1v) is 7.33. The van der Waals surface area contributed by atoms with E-state index in [1.54, 1.807) is 0 Å². The van der Waals surface area contributed by atoms with Crippen LogP contribution in [0.4, 0.5) is 5.82 Å². The van der Waals surface area contributed by atoms with Crippen molar-refractivity contribution in [2.24, 2.45) is 5.41 Å². The van der Waals surface area contributed by atoms with Gasteiger partial charge in [0.25, 0.3) is 0 Å². The van der Waals surface area contributed by atoms with E-state index in [9.17, 15) is 5.11 Å². The molecule has 1 N–H and O–H groups in total. The molecule has 1 aliphatic heterocycles. The predicted octanol–water partition coefficient (Wildman–Crippen LogP) is 3.35. The summed E-state index contributed by atoms with van der Waals surface area (Å²) in [5.41, 5.74) is 1.08. The highest BCUT2D eigenvalue weighted by Crippen LogP contribution is 2.34. The van der Waals surface area contributed by atoms with Crippen LogP contribution in [0.1, 0.15) is 32.4 Å². The molecule has 0 spiro atoms. The molecule has 1 fully saturated rings. The zero-order chi connectivity index (χ0) is 14.2. The van der Waals surface area contributed by atoms with Crippen molar-refractivity contribution in [2.45, 2.75) is 33.3 Å². The number of fused-ring (bicyclic) bond motifs is 1. The molecule has 3 rings (SSSR count). The summed E-state index contributed by atoms with van der Waals surface area (Å²) in [6, 6.07) is 10.3. The monoisotopic (exact) mass is 270 g/mol. The zero-order valence-electron chi connectivity index (χ0n) is 12.3. The Morgan fingerprint density at radius 3 is 2.85 bits per heavy atom. The Kier molecular flexibility index (Phi) is 3.38. The maximum Gasteiger partial charge on any atom is 0.136 e. The summed E-state index contributed by atoms with van der Waals surface area (Å²) in [7, 11) is 0. The number of rotatable bonds is 2. The van der Waals surface area contributed by atoms with E-state index in [1.807, 2.05) is 12.1 Å². The van der Waals surface area contributed by atoms with Crippen molar-refractivity contribution < 1.29 is 5.11 Å². The molecule has 1 aromatic carbocycles. The summed E-state index contributed by atoms with van der Waals surface area (Å²) in [5.74, 6) is 1.03. The van der Waals surface area contributed by atoms with E-state index in [4.69, 9.17) is 0 Å². The number of aliphatic hydroxyl groups is 1. The second kappa shape index (κ2) is 5.06. The van der Waals surface area contributed by atoms with Crippen LogP contribution in [0.2, 0.25) is 0 Å². The van der Waals surface area contributed by atoms with Gasteiger partial charge in [-0.1, -0.05) is 38.1 Å². The molecule has 20 heavy (non-hydrogen) atoms. The van der Waals surface area contributed by atoms with Gasteiger partial charge in [-0.15, -0.1) is 0 Å². The molecule has 1 saturated heterocycles. The van der Waals surface area contributed by atoms with Crippen molar-refractivity contribution >= 4 is 16.6 Å². The smallest absolute Gasteiger partial charge is 0.136 e. The third-order valence-electron chi connectivity index (χ3n) is 4.14. The Hall–Kier alpha value is -1.61. The van der Waals surface area contributed by atoms with Crippen LogP contribution in [-0.4, -0.2) is 23.2 Å². The quantitative estimate of drug-likeness (QED) is 0.909. The van der Waals surface area contributed by atoms with E-state index in [2.05, 4.69) is 41.9 Å². The van der Waals surface area contributed by atoms with Gasteiger partial charge in [0.1, 0.15) is 5.82 Å². The van der Waals surface area contributed by atoms with Crippen LogP contribution in [0.25, 0.3) is 10.8 Å². The second-order valence-corrected chi connectivity index (χ2v) is 6.51. The average Bonchev–Trinajstić information content (AvgIpc) is 2.45. The van der Waals surface area contributed by atoms with E-state index >= 15 is 0 Å². The van der Waals surface area contributed by atoms with Gasteiger partial charge in [-0.25, -0.2) is 4.98 Å². The van der Waals surface area contributed by atoms with Crippen LogP contribution in [-0.2, 0) is 6.61 Å². The Morgan fingerprint density at radius 2 is 2.10 bits per heavy atom. The highest BCUT2D eigenvalue weighted by molar-refractivity contribution is 5.92. The van der Waals surface area contributed by atoms with Crippen molar-refractivity contribution in [3.8, 4) is 0 Å². The summed E-state index contributed by atoms with van der Waals surface area (Å²) >= 11 is 0. The van der Waals surface area contributed by atoms with Crippen molar-refractivity contribution in [3.05, 3.63) is 36.0 Å². The third-order valence-corrected chi connectivity index (χ3v) is 4.14. The first kappa shape index (κ1) is 13.4. The number of aliphatic hydroxyl groups excluding tert-OH is 1. The van der Waals surface area contributed by atoms with E-state index in [1.165, 1.54) is 18.2 Å². The highest BCUT2D eigenvalue weighted by Gasteiger charge is 2.28. The van der Waals surface area contributed by atoms with Gasteiger partial charge in [0, 0.05) is 18.5 Å². The summed E-state index contributed by atoms with van der Waals surface area (Å²) in [4.78, 5) is 7.06. The number of anilines is 1. The SMILES string of the molecule is CC1(C)CCCN(c2nc(CO)cc3ccccc23)C1. The molecule has 2 aromatic rings. The molecule has 0 atom stereocenters. The normalized spacial score (nSPS) is 18.4. The molecule has 0 amide bonds. The molecule has 1 aromatic heterocycles. The van der Waals surface area contributed by atoms with Crippen molar-refractivity contribution in [2.75, 3.05) is 18.0 Å². The zero-order valence-corrected chi connectivity index (χ0v) is 12.3. The first-order valence-electron chi connectivity index (χ1n) is 7.33.